The standard InChI is InChI=1S/C12H15BrN4OS/c1-3-4-17-12(18)11(13)9(5-16-17)14-6-10-8(2)15-7-19-10/h5,7,14H,3-4,6H2,1-2H3. The number of thiazole rings is 1. The second-order valence-electron chi connectivity index (χ2n) is 4.12. The summed E-state index contributed by atoms with van der Waals surface area (Å²) in [6.45, 7) is 5.26. The topological polar surface area (TPSA) is 59.8 Å². The van der Waals surface area contributed by atoms with Crippen molar-refractivity contribution in [2.24, 2.45) is 0 Å². The highest BCUT2D eigenvalue weighted by Crippen LogP contribution is 2.19. The van der Waals surface area contributed by atoms with Crippen LogP contribution in [-0.2, 0) is 13.1 Å². The predicted octanol–water partition coefficient (Wildman–Crippen LogP) is 2.79. The van der Waals surface area contributed by atoms with Crippen molar-refractivity contribution in [1.29, 1.82) is 0 Å². The molecule has 0 amide bonds. The zero-order chi connectivity index (χ0) is 13.8. The van der Waals surface area contributed by atoms with Gasteiger partial charge in [-0.3, -0.25) is 4.79 Å². The molecular formula is C12H15BrN4OS. The summed E-state index contributed by atoms with van der Waals surface area (Å²) in [5, 5.41) is 7.36. The fourth-order valence-electron chi connectivity index (χ4n) is 1.63. The number of nitrogens with one attached hydrogen (secondary N) is 1. The maximum absolute atomic E-state index is 12.0. The second kappa shape index (κ2) is 6.29. The molecule has 0 fully saturated rings. The molecule has 0 bridgehead atoms. The molecule has 2 rings (SSSR count). The smallest absolute Gasteiger partial charge is 0.283 e. The molecule has 2 aromatic heterocycles. The molecule has 5 nitrogen and oxygen atoms in total. The van der Waals surface area contributed by atoms with E-state index in [-0.39, 0.29) is 5.56 Å². The van der Waals surface area contributed by atoms with E-state index in [0.717, 1.165) is 17.0 Å². The molecular weight excluding hydrogens is 328 g/mol. The van der Waals surface area contributed by atoms with Gasteiger partial charge in [0.25, 0.3) is 5.56 Å². The van der Waals surface area contributed by atoms with Gasteiger partial charge in [-0.05, 0) is 29.3 Å². The normalized spacial score (nSPS) is 10.7. The van der Waals surface area contributed by atoms with Gasteiger partial charge in [0.15, 0.2) is 0 Å². The van der Waals surface area contributed by atoms with Gasteiger partial charge in [0, 0.05) is 11.4 Å². The Bertz CT molecular complexity index is 622. The van der Waals surface area contributed by atoms with Gasteiger partial charge in [-0.2, -0.15) is 5.10 Å². The fourth-order valence-corrected chi connectivity index (χ4v) is 2.79. The lowest BCUT2D eigenvalue weighted by Crippen LogP contribution is -2.24. The van der Waals surface area contributed by atoms with Crippen molar-refractivity contribution in [2.45, 2.75) is 33.4 Å². The quantitative estimate of drug-likeness (QED) is 0.907. The molecule has 1 N–H and O–H groups in total. The lowest BCUT2D eigenvalue weighted by Gasteiger charge is -2.09. The van der Waals surface area contributed by atoms with Gasteiger partial charge < -0.3 is 5.32 Å². The molecule has 0 atom stereocenters. The van der Waals surface area contributed by atoms with Crippen LogP contribution in [0.3, 0.4) is 0 Å². The summed E-state index contributed by atoms with van der Waals surface area (Å²) in [5.74, 6) is 0. The molecule has 0 aliphatic carbocycles. The highest BCUT2D eigenvalue weighted by atomic mass is 79.9. The van der Waals surface area contributed by atoms with Crippen LogP contribution < -0.4 is 10.9 Å². The Morgan fingerprint density at radius 1 is 1.53 bits per heavy atom. The minimum atomic E-state index is -0.104. The van der Waals surface area contributed by atoms with E-state index in [4.69, 9.17) is 0 Å². The van der Waals surface area contributed by atoms with Crippen molar-refractivity contribution in [3.05, 3.63) is 37.1 Å². The fraction of sp³-hybridized carbons (Fsp3) is 0.417. The molecule has 2 aromatic rings. The maximum Gasteiger partial charge on any atom is 0.283 e. The van der Waals surface area contributed by atoms with Crippen LogP contribution in [0.4, 0.5) is 5.69 Å². The number of halogens is 1. The number of rotatable bonds is 5. The second-order valence-corrected chi connectivity index (χ2v) is 5.85. The summed E-state index contributed by atoms with van der Waals surface area (Å²) < 4.78 is 1.99. The average Bonchev–Trinajstić information content (AvgIpc) is 2.80. The largest absolute Gasteiger partial charge is 0.378 e. The van der Waals surface area contributed by atoms with Crippen LogP contribution >= 0.6 is 27.3 Å². The summed E-state index contributed by atoms with van der Waals surface area (Å²) in [6.07, 6.45) is 2.56. The van der Waals surface area contributed by atoms with E-state index in [9.17, 15) is 4.79 Å². The number of hydrogen-bond donors (Lipinski definition) is 1. The molecule has 0 radical (unpaired) electrons. The highest BCUT2D eigenvalue weighted by molar-refractivity contribution is 9.10. The van der Waals surface area contributed by atoms with E-state index in [0.29, 0.717) is 23.2 Å². The van der Waals surface area contributed by atoms with E-state index < -0.39 is 0 Å². The van der Waals surface area contributed by atoms with Crippen molar-refractivity contribution in [3.63, 3.8) is 0 Å². The SMILES string of the molecule is CCCn1ncc(NCc2scnc2C)c(Br)c1=O. The Morgan fingerprint density at radius 3 is 2.95 bits per heavy atom. The number of aryl methyl sites for hydroxylation is 2. The van der Waals surface area contributed by atoms with Gasteiger partial charge >= 0.3 is 0 Å². The summed E-state index contributed by atoms with van der Waals surface area (Å²) in [5.41, 5.74) is 3.44. The average molecular weight is 343 g/mol. The molecule has 19 heavy (non-hydrogen) atoms. The van der Waals surface area contributed by atoms with Crippen molar-refractivity contribution in [2.75, 3.05) is 5.32 Å². The Kier molecular flexibility index (Phi) is 4.71. The zero-order valence-corrected chi connectivity index (χ0v) is 13.2. The molecule has 0 aliphatic heterocycles. The van der Waals surface area contributed by atoms with Gasteiger partial charge in [-0.25, -0.2) is 9.67 Å². The number of aromatic nitrogens is 3. The van der Waals surface area contributed by atoms with E-state index >= 15 is 0 Å². The van der Waals surface area contributed by atoms with Crippen molar-refractivity contribution < 1.29 is 0 Å². The molecule has 0 aliphatic rings. The lowest BCUT2D eigenvalue weighted by atomic mass is 10.3. The number of anilines is 1. The highest BCUT2D eigenvalue weighted by Gasteiger charge is 2.09. The van der Waals surface area contributed by atoms with Gasteiger partial charge in [-0.1, -0.05) is 6.92 Å². The van der Waals surface area contributed by atoms with Crippen LogP contribution in [0.5, 0.6) is 0 Å². The van der Waals surface area contributed by atoms with Crippen molar-refractivity contribution in [3.8, 4) is 0 Å². The van der Waals surface area contributed by atoms with Crippen LogP contribution in [0.2, 0.25) is 0 Å². The molecule has 2 heterocycles. The first-order valence-electron chi connectivity index (χ1n) is 6.02. The molecule has 7 heteroatoms. The summed E-state index contributed by atoms with van der Waals surface area (Å²) in [6, 6.07) is 0. The summed E-state index contributed by atoms with van der Waals surface area (Å²) in [4.78, 5) is 17.4. The van der Waals surface area contributed by atoms with Crippen LogP contribution in [0.1, 0.15) is 23.9 Å². The Morgan fingerprint density at radius 2 is 2.32 bits per heavy atom. The van der Waals surface area contributed by atoms with Crippen LogP contribution in [0.25, 0.3) is 0 Å². The predicted molar refractivity (Wildman–Crippen MR) is 80.7 cm³/mol. The third kappa shape index (κ3) is 3.22. The molecule has 0 unspecified atom stereocenters. The van der Waals surface area contributed by atoms with Crippen molar-refractivity contribution in [1.82, 2.24) is 14.8 Å². The molecule has 102 valence electrons. The molecule has 0 spiro atoms. The van der Waals surface area contributed by atoms with Crippen molar-refractivity contribution >= 4 is 33.0 Å². The summed E-state index contributed by atoms with van der Waals surface area (Å²) >= 11 is 4.93. The van der Waals surface area contributed by atoms with Gasteiger partial charge in [0.1, 0.15) is 4.47 Å². The Hall–Kier alpha value is -1.21. The third-order valence-electron chi connectivity index (χ3n) is 2.70. The third-order valence-corrected chi connectivity index (χ3v) is 4.41. The van der Waals surface area contributed by atoms with Gasteiger partial charge in [0.2, 0.25) is 0 Å². The van der Waals surface area contributed by atoms with E-state index in [1.54, 1.807) is 17.5 Å². The first-order chi connectivity index (χ1) is 9.13. The monoisotopic (exact) mass is 342 g/mol. The Labute approximate surface area is 123 Å². The first-order valence-corrected chi connectivity index (χ1v) is 7.69. The molecule has 0 saturated carbocycles. The summed E-state index contributed by atoms with van der Waals surface area (Å²) in [7, 11) is 0. The van der Waals surface area contributed by atoms with E-state index in [1.165, 1.54) is 4.68 Å². The zero-order valence-electron chi connectivity index (χ0n) is 10.8. The minimum absolute atomic E-state index is 0.104. The van der Waals surface area contributed by atoms with Crippen LogP contribution in [0.15, 0.2) is 21.0 Å². The lowest BCUT2D eigenvalue weighted by molar-refractivity contribution is 0.566. The Balaban J connectivity index is 2.16. The van der Waals surface area contributed by atoms with E-state index in [2.05, 4.69) is 31.3 Å². The van der Waals surface area contributed by atoms with E-state index in [1.807, 2.05) is 19.4 Å². The first kappa shape index (κ1) is 14.2. The number of nitrogens with zero attached hydrogens (tertiary/aromatic N) is 3. The molecule has 0 aromatic carbocycles. The van der Waals surface area contributed by atoms with Crippen LogP contribution in [-0.4, -0.2) is 14.8 Å². The maximum atomic E-state index is 12.0. The molecule has 0 saturated heterocycles. The number of hydrogen-bond acceptors (Lipinski definition) is 5. The van der Waals surface area contributed by atoms with Gasteiger partial charge in [0.05, 0.1) is 29.6 Å². The van der Waals surface area contributed by atoms with Crippen LogP contribution in [0, 0.1) is 6.92 Å². The minimum Gasteiger partial charge on any atom is -0.378 e. The van der Waals surface area contributed by atoms with Gasteiger partial charge in [-0.15, -0.1) is 11.3 Å².